The van der Waals surface area contributed by atoms with E-state index in [0.29, 0.717) is 41.6 Å². The highest BCUT2D eigenvalue weighted by molar-refractivity contribution is 5.97. The third kappa shape index (κ3) is 5.81. The number of piperidine rings is 1. The minimum Gasteiger partial charge on any atom is -0.352 e. The first-order valence-electron chi connectivity index (χ1n) is 11.0. The fourth-order valence-electron chi connectivity index (χ4n) is 3.95. The second-order valence-electron chi connectivity index (χ2n) is 8.03. The van der Waals surface area contributed by atoms with Gasteiger partial charge in [0.15, 0.2) is 0 Å². The van der Waals surface area contributed by atoms with Crippen LogP contribution in [0.1, 0.15) is 41.9 Å². The van der Waals surface area contributed by atoms with E-state index >= 15 is 0 Å². The number of amides is 2. The van der Waals surface area contributed by atoms with Gasteiger partial charge in [-0.05, 0) is 56.6 Å². The minimum atomic E-state index is -0.356. The third-order valence-corrected chi connectivity index (χ3v) is 5.49. The number of benzene rings is 2. The number of anilines is 1. The van der Waals surface area contributed by atoms with E-state index in [1.165, 1.54) is 12.1 Å². The van der Waals surface area contributed by atoms with Gasteiger partial charge < -0.3 is 15.2 Å². The first-order valence-corrected chi connectivity index (χ1v) is 11.0. The zero-order chi connectivity index (χ0) is 23.2. The van der Waals surface area contributed by atoms with Crippen molar-refractivity contribution < 1.29 is 18.5 Å². The number of hydrogen-bond donors (Lipinski definition) is 2. The lowest BCUT2D eigenvalue weighted by Crippen LogP contribution is -2.39. The summed E-state index contributed by atoms with van der Waals surface area (Å²) in [7, 11) is 0. The predicted molar refractivity (Wildman–Crippen MR) is 121 cm³/mol. The number of nitrogens with zero attached hydrogens (tertiary/aromatic N) is 3. The van der Waals surface area contributed by atoms with Gasteiger partial charge in [-0.3, -0.25) is 14.5 Å². The van der Waals surface area contributed by atoms with Crippen molar-refractivity contribution in [3.05, 3.63) is 65.8 Å². The SMILES string of the molecule is CCNC(=O)c1cccc(NC(=O)CN2CCCC(c3nc(-c4cccc(F)c4)no3)C2)c1. The van der Waals surface area contributed by atoms with E-state index < -0.39 is 0 Å². The molecule has 0 radical (unpaired) electrons. The van der Waals surface area contributed by atoms with Crippen LogP contribution in [-0.2, 0) is 4.79 Å². The van der Waals surface area contributed by atoms with Crippen LogP contribution in [0.2, 0.25) is 0 Å². The second kappa shape index (κ2) is 10.4. The first-order chi connectivity index (χ1) is 16.0. The van der Waals surface area contributed by atoms with E-state index in [0.717, 1.165) is 19.4 Å². The minimum absolute atomic E-state index is 0.00225. The van der Waals surface area contributed by atoms with Gasteiger partial charge in [-0.1, -0.05) is 23.4 Å². The number of rotatable bonds is 7. The van der Waals surface area contributed by atoms with E-state index in [2.05, 4.69) is 20.8 Å². The normalized spacial score (nSPS) is 16.4. The molecule has 0 aliphatic carbocycles. The maximum Gasteiger partial charge on any atom is 0.251 e. The molecule has 8 nitrogen and oxygen atoms in total. The van der Waals surface area contributed by atoms with E-state index in [-0.39, 0.29) is 30.1 Å². The average molecular weight is 452 g/mol. The summed E-state index contributed by atoms with van der Waals surface area (Å²) >= 11 is 0. The Labute approximate surface area is 191 Å². The lowest BCUT2D eigenvalue weighted by molar-refractivity contribution is -0.117. The van der Waals surface area contributed by atoms with Crippen LogP contribution in [0.15, 0.2) is 53.1 Å². The number of aromatic nitrogens is 2. The Morgan fingerprint density at radius 1 is 1.21 bits per heavy atom. The number of halogens is 1. The molecule has 1 aliphatic rings. The number of carbonyl (C=O) groups is 2. The summed E-state index contributed by atoms with van der Waals surface area (Å²) in [4.78, 5) is 31.1. The quantitative estimate of drug-likeness (QED) is 0.571. The van der Waals surface area contributed by atoms with Crippen molar-refractivity contribution in [1.82, 2.24) is 20.4 Å². The van der Waals surface area contributed by atoms with Gasteiger partial charge in [0.25, 0.3) is 5.91 Å². The molecule has 2 N–H and O–H groups in total. The van der Waals surface area contributed by atoms with Gasteiger partial charge in [0.1, 0.15) is 5.82 Å². The highest BCUT2D eigenvalue weighted by atomic mass is 19.1. The van der Waals surface area contributed by atoms with Crippen molar-refractivity contribution in [2.75, 3.05) is 31.5 Å². The van der Waals surface area contributed by atoms with E-state index in [1.807, 2.05) is 11.8 Å². The van der Waals surface area contributed by atoms with Crippen LogP contribution in [0.3, 0.4) is 0 Å². The van der Waals surface area contributed by atoms with Gasteiger partial charge in [0, 0.05) is 29.9 Å². The molecule has 1 unspecified atom stereocenters. The van der Waals surface area contributed by atoms with Crippen molar-refractivity contribution in [2.24, 2.45) is 0 Å². The second-order valence-corrected chi connectivity index (χ2v) is 8.03. The fourth-order valence-corrected chi connectivity index (χ4v) is 3.95. The van der Waals surface area contributed by atoms with Crippen molar-refractivity contribution >= 4 is 17.5 Å². The van der Waals surface area contributed by atoms with Crippen LogP contribution in [0, 0.1) is 5.82 Å². The topological polar surface area (TPSA) is 100 Å². The third-order valence-electron chi connectivity index (χ3n) is 5.49. The fraction of sp³-hybridized carbons (Fsp3) is 0.333. The van der Waals surface area contributed by atoms with Gasteiger partial charge in [0.05, 0.1) is 12.5 Å². The molecule has 1 fully saturated rings. The van der Waals surface area contributed by atoms with Crippen LogP contribution in [0.4, 0.5) is 10.1 Å². The van der Waals surface area contributed by atoms with Crippen LogP contribution in [-0.4, -0.2) is 53.0 Å². The van der Waals surface area contributed by atoms with Crippen LogP contribution in [0.25, 0.3) is 11.4 Å². The Hall–Kier alpha value is -3.59. The van der Waals surface area contributed by atoms with Gasteiger partial charge in [0.2, 0.25) is 17.6 Å². The lowest BCUT2D eigenvalue weighted by atomic mass is 9.98. The Balaban J connectivity index is 1.35. The molecule has 1 saturated heterocycles. The van der Waals surface area contributed by atoms with Crippen LogP contribution < -0.4 is 10.6 Å². The van der Waals surface area contributed by atoms with E-state index in [1.54, 1.807) is 36.4 Å². The van der Waals surface area contributed by atoms with Gasteiger partial charge >= 0.3 is 0 Å². The van der Waals surface area contributed by atoms with E-state index in [9.17, 15) is 14.0 Å². The van der Waals surface area contributed by atoms with Crippen LogP contribution in [0.5, 0.6) is 0 Å². The summed E-state index contributed by atoms with van der Waals surface area (Å²) in [6.45, 7) is 4.00. The first kappa shape index (κ1) is 22.6. The molecule has 2 aromatic carbocycles. The average Bonchev–Trinajstić information content (AvgIpc) is 3.30. The summed E-state index contributed by atoms with van der Waals surface area (Å²) in [5, 5.41) is 9.61. The van der Waals surface area contributed by atoms with E-state index in [4.69, 9.17) is 4.52 Å². The molecule has 1 aromatic heterocycles. The van der Waals surface area contributed by atoms with Crippen LogP contribution >= 0.6 is 0 Å². The lowest BCUT2D eigenvalue weighted by Gasteiger charge is -2.30. The van der Waals surface area contributed by atoms with Crippen molar-refractivity contribution in [3.63, 3.8) is 0 Å². The number of hydrogen-bond acceptors (Lipinski definition) is 6. The monoisotopic (exact) mass is 451 g/mol. The smallest absolute Gasteiger partial charge is 0.251 e. The summed E-state index contributed by atoms with van der Waals surface area (Å²) in [5.74, 6) is 0.160. The zero-order valence-electron chi connectivity index (χ0n) is 18.4. The maximum absolute atomic E-state index is 13.5. The number of nitrogens with one attached hydrogen (secondary N) is 2. The molecule has 2 amide bonds. The summed E-state index contributed by atoms with van der Waals surface area (Å²) in [5.41, 5.74) is 1.64. The summed E-state index contributed by atoms with van der Waals surface area (Å²) < 4.78 is 18.9. The highest BCUT2D eigenvalue weighted by Gasteiger charge is 2.27. The van der Waals surface area contributed by atoms with Crippen molar-refractivity contribution in [1.29, 1.82) is 0 Å². The van der Waals surface area contributed by atoms with Crippen molar-refractivity contribution in [2.45, 2.75) is 25.7 Å². The Bertz CT molecular complexity index is 1130. The molecule has 172 valence electrons. The van der Waals surface area contributed by atoms with Gasteiger partial charge in [-0.2, -0.15) is 4.98 Å². The zero-order valence-corrected chi connectivity index (χ0v) is 18.4. The molecular weight excluding hydrogens is 425 g/mol. The molecule has 33 heavy (non-hydrogen) atoms. The molecule has 0 saturated carbocycles. The standard InChI is InChI=1S/C24H26FN5O3/c1-2-26-23(32)17-7-4-10-20(13-17)27-21(31)15-30-11-5-8-18(14-30)24-28-22(29-33-24)16-6-3-9-19(25)12-16/h3-4,6-7,9-10,12-13,18H,2,5,8,11,14-15H2,1H3,(H,26,32)(H,27,31). The highest BCUT2D eigenvalue weighted by Crippen LogP contribution is 2.27. The number of carbonyl (C=O) groups excluding carboxylic acids is 2. The Morgan fingerprint density at radius 3 is 2.88 bits per heavy atom. The Kier molecular flexibility index (Phi) is 7.09. The van der Waals surface area contributed by atoms with Gasteiger partial charge in [-0.25, -0.2) is 4.39 Å². The molecule has 9 heteroatoms. The number of likely N-dealkylation sites (tertiary alicyclic amines) is 1. The molecule has 0 spiro atoms. The summed E-state index contributed by atoms with van der Waals surface area (Å²) in [6, 6.07) is 12.9. The van der Waals surface area contributed by atoms with Gasteiger partial charge in [-0.15, -0.1) is 0 Å². The predicted octanol–water partition coefficient (Wildman–Crippen LogP) is 3.44. The molecule has 4 rings (SSSR count). The molecule has 3 aromatic rings. The molecule has 1 aliphatic heterocycles. The largest absolute Gasteiger partial charge is 0.352 e. The van der Waals surface area contributed by atoms with Crippen molar-refractivity contribution in [3.8, 4) is 11.4 Å². The molecular formula is C24H26FN5O3. The maximum atomic E-state index is 13.5. The molecule has 1 atom stereocenters. The molecule has 2 heterocycles. The Morgan fingerprint density at radius 2 is 2.06 bits per heavy atom. The molecule has 0 bridgehead atoms. The summed E-state index contributed by atoms with van der Waals surface area (Å²) in [6.07, 6.45) is 1.76.